The molecule has 1 aliphatic carbocycles. The summed E-state index contributed by atoms with van der Waals surface area (Å²) in [5, 5.41) is 0.462. The average molecular weight is 375 g/mol. The molecule has 1 aliphatic rings. The number of benzene rings is 1. The van der Waals surface area contributed by atoms with E-state index in [0.29, 0.717) is 29.0 Å². The van der Waals surface area contributed by atoms with Gasteiger partial charge in [0, 0.05) is 19.2 Å². The molecule has 2 aromatic rings. The lowest BCUT2D eigenvalue weighted by Gasteiger charge is -2.34. The van der Waals surface area contributed by atoms with Crippen molar-refractivity contribution < 1.29 is 19.0 Å². The summed E-state index contributed by atoms with van der Waals surface area (Å²) >= 11 is 0. The van der Waals surface area contributed by atoms with Crippen LogP contribution in [0.5, 0.6) is 11.5 Å². The largest absolute Gasteiger partial charge is 0.493 e. The van der Waals surface area contributed by atoms with Gasteiger partial charge in [0.1, 0.15) is 0 Å². The second-order valence-corrected chi connectivity index (χ2v) is 6.61. The van der Waals surface area contributed by atoms with Gasteiger partial charge in [-0.05, 0) is 38.7 Å². The van der Waals surface area contributed by atoms with Crippen molar-refractivity contribution in [3.05, 3.63) is 28.8 Å². The Morgan fingerprint density at radius 3 is 2.67 bits per heavy atom. The van der Waals surface area contributed by atoms with Crippen molar-refractivity contribution >= 4 is 17.0 Å². The molecular formula is C19H25N3O5. The van der Waals surface area contributed by atoms with Crippen LogP contribution in [0.1, 0.15) is 32.6 Å². The Morgan fingerprint density at radius 2 is 2.00 bits per heavy atom. The van der Waals surface area contributed by atoms with Crippen LogP contribution in [-0.2, 0) is 4.74 Å². The van der Waals surface area contributed by atoms with E-state index in [1.165, 1.54) is 6.33 Å². The minimum atomic E-state index is -0.287. The molecule has 3 rings (SSSR count). The predicted molar refractivity (Wildman–Crippen MR) is 100 cm³/mol. The first-order valence-corrected chi connectivity index (χ1v) is 9.15. The van der Waals surface area contributed by atoms with Gasteiger partial charge in [0.15, 0.2) is 11.5 Å². The number of fused-ring (bicyclic) bond motifs is 1. The fourth-order valence-corrected chi connectivity index (χ4v) is 3.43. The van der Waals surface area contributed by atoms with Gasteiger partial charge in [-0.15, -0.1) is 0 Å². The molecule has 0 bridgehead atoms. The Hall–Kier alpha value is -2.77. The molecule has 146 valence electrons. The molecule has 1 aromatic carbocycles. The fraction of sp³-hybridized carbons (Fsp3) is 0.526. The molecule has 0 spiro atoms. The highest BCUT2D eigenvalue weighted by Gasteiger charge is 2.28. The lowest BCUT2D eigenvalue weighted by molar-refractivity contribution is 0.0718. The molecule has 1 aromatic heterocycles. The first-order valence-electron chi connectivity index (χ1n) is 9.15. The zero-order chi connectivity index (χ0) is 19.4. The number of carbonyl (C=O) groups excluding carboxylic acids is 1. The number of nitrogens with one attached hydrogen (secondary N) is 1. The van der Waals surface area contributed by atoms with Gasteiger partial charge in [0.2, 0.25) is 0 Å². The van der Waals surface area contributed by atoms with Crippen molar-refractivity contribution in [1.82, 2.24) is 14.9 Å². The Bertz CT molecular complexity index is 858. The van der Waals surface area contributed by atoms with Gasteiger partial charge in [0.25, 0.3) is 5.56 Å². The van der Waals surface area contributed by atoms with Crippen molar-refractivity contribution in [3.63, 3.8) is 0 Å². The molecule has 0 atom stereocenters. The maximum absolute atomic E-state index is 12.0. The molecule has 1 saturated carbocycles. The van der Waals surface area contributed by atoms with E-state index < -0.39 is 0 Å². The molecule has 0 aliphatic heterocycles. The van der Waals surface area contributed by atoms with E-state index in [1.807, 2.05) is 0 Å². The SMILES string of the molecule is CCOC(=O)N(C)[C@H]1CC[C@H](Oc2cc3c(=O)[nH]cnc3cc2OC)CC1. The lowest BCUT2D eigenvalue weighted by Crippen LogP contribution is -2.41. The molecule has 0 unspecified atom stereocenters. The zero-order valence-corrected chi connectivity index (χ0v) is 15.9. The van der Waals surface area contributed by atoms with Crippen LogP contribution in [0.4, 0.5) is 4.79 Å². The van der Waals surface area contributed by atoms with Crippen LogP contribution in [0, 0.1) is 0 Å². The van der Waals surface area contributed by atoms with Gasteiger partial charge in [-0.2, -0.15) is 0 Å². The van der Waals surface area contributed by atoms with Crippen LogP contribution in [0.25, 0.3) is 10.9 Å². The Kier molecular flexibility index (Phi) is 5.83. The monoisotopic (exact) mass is 375 g/mol. The summed E-state index contributed by atoms with van der Waals surface area (Å²) in [4.78, 5) is 32.3. The zero-order valence-electron chi connectivity index (χ0n) is 15.9. The minimum absolute atomic E-state index is 0.000974. The van der Waals surface area contributed by atoms with Crippen molar-refractivity contribution in [2.24, 2.45) is 0 Å². The number of hydrogen-bond donors (Lipinski definition) is 1. The number of carbonyl (C=O) groups is 1. The van der Waals surface area contributed by atoms with E-state index >= 15 is 0 Å². The Morgan fingerprint density at radius 1 is 1.26 bits per heavy atom. The molecule has 27 heavy (non-hydrogen) atoms. The maximum Gasteiger partial charge on any atom is 0.409 e. The molecule has 0 radical (unpaired) electrons. The molecular weight excluding hydrogens is 350 g/mol. The first kappa shape index (κ1) is 19.0. The van der Waals surface area contributed by atoms with Gasteiger partial charge in [-0.1, -0.05) is 0 Å². The van der Waals surface area contributed by atoms with Crippen LogP contribution >= 0.6 is 0 Å². The van der Waals surface area contributed by atoms with Crippen LogP contribution in [-0.4, -0.2) is 53.9 Å². The number of H-pyrrole nitrogens is 1. The molecule has 1 amide bonds. The highest BCUT2D eigenvalue weighted by atomic mass is 16.6. The maximum atomic E-state index is 12.0. The first-order chi connectivity index (χ1) is 13.0. The number of nitrogens with zero attached hydrogens (tertiary/aromatic N) is 2. The molecule has 1 N–H and O–H groups in total. The predicted octanol–water partition coefficient (Wildman–Crippen LogP) is 2.71. The van der Waals surface area contributed by atoms with E-state index in [0.717, 1.165) is 25.7 Å². The molecule has 8 nitrogen and oxygen atoms in total. The van der Waals surface area contributed by atoms with Crippen LogP contribution in [0.15, 0.2) is 23.3 Å². The second kappa shape index (κ2) is 8.28. The molecule has 0 saturated heterocycles. The van der Waals surface area contributed by atoms with Crippen molar-refractivity contribution in [2.75, 3.05) is 20.8 Å². The molecule has 1 fully saturated rings. The summed E-state index contributed by atoms with van der Waals surface area (Å²) in [6.45, 7) is 2.17. The normalized spacial score (nSPS) is 19.5. The van der Waals surface area contributed by atoms with E-state index in [2.05, 4.69) is 9.97 Å². The highest BCUT2D eigenvalue weighted by molar-refractivity contribution is 5.81. The number of methoxy groups -OCH3 is 1. The summed E-state index contributed by atoms with van der Waals surface area (Å²) < 4.78 is 16.6. The summed E-state index contributed by atoms with van der Waals surface area (Å²) in [5.74, 6) is 1.08. The Labute approximate surface area is 157 Å². The van der Waals surface area contributed by atoms with Gasteiger partial charge in [0.05, 0.1) is 37.1 Å². The van der Waals surface area contributed by atoms with Gasteiger partial charge >= 0.3 is 6.09 Å². The van der Waals surface area contributed by atoms with Crippen LogP contribution < -0.4 is 15.0 Å². The minimum Gasteiger partial charge on any atom is -0.493 e. The smallest absolute Gasteiger partial charge is 0.409 e. The van der Waals surface area contributed by atoms with Gasteiger partial charge in [-0.3, -0.25) is 4.79 Å². The molecule has 8 heteroatoms. The number of aromatic nitrogens is 2. The summed E-state index contributed by atoms with van der Waals surface area (Å²) in [5.41, 5.74) is 0.343. The molecule has 1 heterocycles. The third-order valence-electron chi connectivity index (χ3n) is 4.97. The third kappa shape index (κ3) is 4.15. The number of rotatable bonds is 5. The number of ether oxygens (including phenoxy) is 3. The van der Waals surface area contributed by atoms with Crippen molar-refractivity contribution in [3.8, 4) is 11.5 Å². The standard InChI is InChI=1S/C19H25N3O5/c1-4-26-19(24)22(2)12-5-7-13(8-6-12)27-17-9-14-15(10-16(17)25-3)20-11-21-18(14)23/h9-13H,4-8H2,1-3H3,(H,20,21,23)/t12-,13-. The Balaban J connectivity index is 1.69. The fourth-order valence-electron chi connectivity index (χ4n) is 3.43. The average Bonchev–Trinajstić information content (AvgIpc) is 2.68. The topological polar surface area (TPSA) is 93.8 Å². The van der Waals surface area contributed by atoms with E-state index in [4.69, 9.17) is 14.2 Å². The van der Waals surface area contributed by atoms with Crippen molar-refractivity contribution in [2.45, 2.75) is 44.8 Å². The number of amides is 1. The van der Waals surface area contributed by atoms with E-state index in [-0.39, 0.29) is 23.8 Å². The highest BCUT2D eigenvalue weighted by Crippen LogP contribution is 2.34. The quantitative estimate of drug-likeness (QED) is 0.864. The third-order valence-corrected chi connectivity index (χ3v) is 4.97. The summed E-state index contributed by atoms with van der Waals surface area (Å²) in [6.07, 6.45) is 4.35. The van der Waals surface area contributed by atoms with Gasteiger partial charge < -0.3 is 24.1 Å². The number of aromatic amines is 1. The van der Waals surface area contributed by atoms with Crippen LogP contribution in [0.3, 0.4) is 0 Å². The summed E-state index contributed by atoms with van der Waals surface area (Å²) in [7, 11) is 3.34. The van der Waals surface area contributed by atoms with Crippen molar-refractivity contribution in [1.29, 1.82) is 0 Å². The lowest BCUT2D eigenvalue weighted by atomic mass is 9.92. The van der Waals surface area contributed by atoms with Crippen LogP contribution in [0.2, 0.25) is 0 Å². The van der Waals surface area contributed by atoms with E-state index in [9.17, 15) is 9.59 Å². The summed E-state index contributed by atoms with van der Waals surface area (Å²) in [6, 6.07) is 3.53. The van der Waals surface area contributed by atoms with E-state index in [1.54, 1.807) is 38.1 Å². The van der Waals surface area contributed by atoms with Gasteiger partial charge in [-0.25, -0.2) is 9.78 Å². The second-order valence-electron chi connectivity index (χ2n) is 6.61. The number of hydrogen-bond acceptors (Lipinski definition) is 6.